The van der Waals surface area contributed by atoms with Crippen LogP contribution in [0, 0.1) is 17.2 Å². The normalized spacial score (nSPS) is 20.5. The van der Waals surface area contributed by atoms with Crippen LogP contribution in [-0.2, 0) is 0 Å². The van der Waals surface area contributed by atoms with Crippen LogP contribution in [0.25, 0.3) is 10.4 Å². The van der Waals surface area contributed by atoms with Crippen molar-refractivity contribution in [1.29, 1.82) is 5.26 Å². The van der Waals surface area contributed by atoms with Crippen LogP contribution < -0.4 is 10.1 Å². The van der Waals surface area contributed by atoms with Gasteiger partial charge in [-0.05, 0) is 74.3 Å². The number of hydrogen-bond donors (Lipinski definition) is 1. The number of nitrogens with one attached hydrogen (secondary N) is 1. The van der Waals surface area contributed by atoms with Gasteiger partial charge in [-0.15, -0.1) is 11.3 Å². The number of ether oxygens (including phenoxy) is 1. The third kappa shape index (κ3) is 4.63. The Morgan fingerprint density at radius 3 is 2.66 bits per heavy atom. The maximum Gasteiger partial charge on any atom is 0.182 e. The van der Waals surface area contributed by atoms with E-state index in [-0.39, 0.29) is 0 Å². The summed E-state index contributed by atoms with van der Waals surface area (Å²) in [6, 6.07) is 14.8. The molecular formula is C26H28N4OS. The Morgan fingerprint density at radius 2 is 1.91 bits per heavy atom. The molecule has 6 heteroatoms. The minimum absolute atomic E-state index is 0.388. The summed E-state index contributed by atoms with van der Waals surface area (Å²) in [7, 11) is 1.58. The lowest BCUT2D eigenvalue weighted by Gasteiger charge is -2.28. The molecule has 1 aromatic carbocycles. The second-order valence-corrected chi connectivity index (χ2v) is 9.98. The highest BCUT2D eigenvalue weighted by Gasteiger charge is 2.27. The zero-order chi connectivity index (χ0) is 21.9. The summed E-state index contributed by atoms with van der Waals surface area (Å²) in [5.41, 5.74) is 3.85. The Balaban J connectivity index is 1.15. The summed E-state index contributed by atoms with van der Waals surface area (Å²) in [6.07, 6.45) is 9.20. The topological polar surface area (TPSA) is 70.8 Å². The molecule has 0 amide bonds. The standard InChI is InChI=1S/C26H28N4OS/c1-31-24-12-11-22(30-23(24)14-27)18-7-5-17(6-8-18)15-28-21-4-2-3-20(13-21)25-16-29-26(32-25)19-9-10-19/h2-4,11-13,16-19,28H,5-10,15H2,1H3/t17-,18-. The van der Waals surface area contributed by atoms with Gasteiger partial charge >= 0.3 is 0 Å². The molecule has 3 aromatic rings. The molecule has 2 aliphatic rings. The Hall–Kier alpha value is -2.91. The Kier molecular flexibility index (Phi) is 6.09. The van der Waals surface area contributed by atoms with Crippen LogP contribution in [0.2, 0.25) is 0 Å². The van der Waals surface area contributed by atoms with Crippen molar-refractivity contribution in [2.24, 2.45) is 5.92 Å². The van der Waals surface area contributed by atoms with E-state index in [0.29, 0.717) is 29.2 Å². The molecule has 5 rings (SSSR count). The van der Waals surface area contributed by atoms with E-state index < -0.39 is 0 Å². The number of pyridine rings is 1. The number of benzene rings is 1. The Bertz CT molecular complexity index is 1120. The second kappa shape index (κ2) is 9.30. The summed E-state index contributed by atoms with van der Waals surface area (Å²) in [4.78, 5) is 10.4. The van der Waals surface area contributed by atoms with Gasteiger partial charge in [-0.25, -0.2) is 9.97 Å². The van der Waals surface area contributed by atoms with Gasteiger partial charge in [-0.3, -0.25) is 0 Å². The van der Waals surface area contributed by atoms with Gasteiger partial charge in [0.05, 0.1) is 17.0 Å². The van der Waals surface area contributed by atoms with E-state index in [0.717, 1.165) is 25.1 Å². The van der Waals surface area contributed by atoms with E-state index in [4.69, 9.17) is 4.74 Å². The molecule has 2 aromatic heterocycles. The van der Waals surface area contributed by atoms with E-state index in [1.807, 2.05) is 29.7 Å². The average molecular weight is 445 g/mol. The van der Waals surface area contributed by atoms with Gasteiger partial charge in [0.1, 0.15) is 6.07 Å². The third-order valence-electron chi connectivity index (χ3n) is 6.66. The SMILES string of the molecule is COc1ccc([C@H]2CC[C@H](CNc3cccc(-c4cnc(C5CC5)s4)c3)CC2)nc1C#N. The summed E-state index contributed by atoms with van der Waals surface area (Å²) in [5, 5.41) is 14.3. The van der Waals surface area contributed by atoms with Crippen molar-refractivity contribution in [1.82, 2.24) is 9.97 Å². The molecule has 2 heterocycles. The fraction of sp³-hybridized carbons (Fsp3) is 0.423. The molecule has 0 saturated heterocycles. The first-order chi connectivity index (χ1) is 15.7. The van der Waals surface area contributed by atoms with Crippen LogP contribution in [0.4, 0.5) is 5.69 Å². The van der Waals surface area contributed by atoms with Crippen LogP contribution in [0.3, 0.4) is 0 Å². The molecule has 1 N–H and O–H groups in total. The number of rotatable bonds is 7. The van der Waals surface area contributed by atoms with Gasteiger partial charge in [0.15, 0.2) is 11.4 Å². The van der Waals surface area contributed by atoms with E-state index >= 15 is 0 Å². The molecule has 32 heavy (non-hydrogen) atoms. The first-order valence-corrected chi connectivity index (χ1v) is 12.3. The number of thiazole rings is 1. The molecular weight excluding hydrogens is 416 g/mol. The third-order valence-corrected chi connectivity index (χ3v) is 7.87. The average Bonchev–Trinajstić information content (AvgIpc) is 3.59. The minimum atomic E-state index is 0.388. The van der Waals surface area contributed by atoms with Crippen LogP contribution in [-0.4, -0.2) is 23.6 Å². The van der Waals surface area contributed by atoms with Gasteiger partial charge in [-0.1, -0.05) is 12.1 Å². The first-order valence-electron chi connectivity index (χ1n) is 11.5. The number of methoxy groups -OCH3 is 1. The van der Waals surface area contributed by atoms with Crippen molar-refractivity contribution < 1.29 is 4.74 Å². The van der Waals surface area contributed by atoms with Gasteiger partial charge in [0.25, 0.3) is 0 Å². The fourth-order valence-electron chi connectivity index (χ4n) is 4.58. The lowest BCUT2D eigenvalue weighted by Crippen LogP contribution is -2.21. The molecule has 2 fully saturated rings. The Morgan fingerprint density at radius 1 is 1.09 bits per heavy atom. The number of hydrogen-bond acceptors (Lipinski definition) is 6. The van der Waals surface area contributed by atoms with E-state index in [2.05, 4.69) is 45.6 Å². The molecule has 0 radical (unpaired) electrons. The maximum absolute atomic E-state index is 9.31. The van der Waals surface area contributed by atoms with Gasteiger partial charge in [0, 0.05) is 36.0 Å². The van der Waals surface area contributed by atoms with Gasteiger partial charge in [-0.2, -0.15) is 5.26 Å². The van der Waals surface area contributed by atoms with Crippen molar-refractivity contribution in [3.63, 3.8) is 0 Å². The lowest BCUT2D eigenvalue weighted by atomic mass is 9.80. The van der Waals surface area contributed by atoms with Crippen molar-refractivity contribution in [2.75, 3.05) is 19.0 Å². The fourth-order valence-corrected chi connectivity index (χ4v) is 5.66. The molecule has 0 spiro atoms. The summed E-state index contributed by atoms with van der Waals surface area (Å²) in [6.45, 7) is 0.992. The van der Waals surface area contributed by atoms with E-state index in [1.165, 1.54) is 46.8 Å². The first kappa shape index (κ1) is 21.0. The van der Waals surface area contributed by atoms with Crippen LogP contribution in [0.5, 0.6) is 5.75 Å². The maximum atomic E-state index is 9.31. The zero-order valence-electron chi connectivity index (χ0n) is 18.4. The van der Waals surface area contributed by atoms with Crippen molar-refractivity contribution in [3.05, 3.63) is 59.0 Å². The molecule has 2 aliphatic carbocycles. The Labute approximate surface area is 193 Å². The van der Waals surface area contributed by atoms with E-state index in [1.54, 1.807) is 7.11 Å². The quantitative estimate of drug-likeness (QED) is 0.460. The molecule has 164 valence electrons. The molecule has 0 unspecified atom stereocenters. The highest BCUT2D eigenvalue weighted by Crippen LogP contribution is 2.43. The van der Waals surface area contributed by atoms with Crippen molar-refractivity contribution in [3.8, 4) is 22.3 Å². The van der Waals surface area contributed by atoms with Gasteiger partial charge in [0.2, 0.25) is 0 Å². The molecule has 0 atom stereocenters. The number of anilines is 1. The monoisotopic (exact) mass is 444 g/mol. The van der Waals surface area contributed by atoms with Crippen LogP contribution in [0.1, 0.15) is 66.8 Å². The largest absolute Gasteiger partial charge is 0.494 e. The molecule has 0 aliphatic heterocycles. The minimum Gasteiger partial charge on any atom is -0.494 e. The second-order valence-electron chi connectivity index (χ2n) is 8.92. The molecule has 2 saturated carbocycles. The summed E-state index contributed by atoms with van der Waals surface area (Å²) < 4.78 is 5.22. The summed E-state index contributed by atoms with van der Waals surface area (Å²) >= 11 is 1.84. The highest BCUT2D eigenvalue weighted by atomic mass is 32.1. The van der Waals surface area contributed by atoms with Crippen LogP contribution in [0.15, 0.2) is 42.6 Å². The predicted octanol–water partition coefficient (Wildman–Crippen LogP) is 6.35. The number of aromatic nitrogens is 2. The summed E-state index contributed by atoms with van der Waals surface area (Å²) in [5.74, 6) is 2.36. The lowest BCUT2D eigenvalue weighted by molar-refractivity contribution is 0.334. The van der Waals surface area contributed by atoms with Crippen molar-refractivity contribution >= 4 is 17.0 Å². The molecule has 0 bridgehead atoms. The highest BCUT2D eigenvalue weighted by molar-refractivity contribution is 7.15. The number of nitriles is 1. The molecule has 5 nitrogen and oxygen atoms in total. The predicted molar refractivity (Wildman–Crippen MR) is 128 cm³/mol. The van der Waals surface area contributed by atoms with E-state index in [9.17, 15) is 5.26 Å². The van der Waals surface area contributed by atoms with Gasteiger partial charge < -0.3 is 10.1 Å². The van der Waals surface area contributed by atoms with Crippen LogP contribution >= 0.6 is 11.3 Å². The smallest absolute Gasteiger partial charge is 0.182 e. The number of nitrogens with zero attached hydrogens (tertiary/aromatic N) is 3. The van der Waals surface area contributed by atoms with Crippen molar-refractivity contribution in [2.45, 2.75) is 50.4 Å². The zero-order valence-corrected chi connectivity index (χ0v) is 19.2.